The summed E-state index contributed by atoms with van der Waals surface area (Å²) in [6.45, 7) is 2.31. The summed E-state index contributed by atoms with van der Waals surface area (Å²) in [5.41, 5.74) is 0.464. The molecule has 1 rings (SSSR count). The Kier molecular flexibility index (Phi) is 5.89. The van der Waals surface area contributed by atoms with E-state index in [9.17, 15) is 4.79 Å². The van der Waals surface area contributed by atoms with Crippen molar-refractivity contribution >= 4 is 35.3 Å². The molecule has 5 heteroatoms. The van der Waals surface area contributed by atoms with Crippen molar-refractivity contribution in [3.63, 3.8) is 0 Å². The molecule has 0 saturated carbocycles. The van der Waals surface area contributed by atoms with Gasteiger partial charge in [0, 0.05) is 29.8 Å². The minimum absolute atomic E-state index is 0.0620. The molecule has 0 unspecified atom stereocenters. The summed E-state index contributed by atoms with van der Waals surface area (Å²) >= 11 is 11.7. The van der Waals surface area contributed by atoms with Crippen molar-refractivity contribution in [2.45, 2.75) is 13.3 Å². The van der Waals surface area contributed by atoms with E-state index in [1.54, 1.807) is 29.3 Å². The minimum atomic E-state index is -0.0620. The van der Waals surface area contributed by atoms with E-state index in [0.29, 0.717) is 28.6 Å². The first-order valence-electron chi connectivity index (χ1n) is 5.46. The number of carbonyl (C=O) groups is 1. The largest absolute Gasteiger partial charge is 0.339 e. The number of hydrogen-bond donors (Lipinski definition) is 1. The zero-order valence-electron chi connectivity index (χ0n) is 9.99. The molecule has 0 fully saturated rings. The quantitative estimate of drug-likeness (QED) is 0.487. The summed E-state index contributed by atoms with van der Waals surface area (Å²) < 4.78 is 0. The number of nitrogens with zero attached hydrogens (tertiary/aromatic N) is 1. The lowest BCUT2D eigenvalue weighted by molar-refractivity contribution is 0.0978. The number of rotatable bonds is 6. The van der Waals surface area contributed by atoms with Gasteiger partial charge in [-0.1, -0.05) is 29.3 Å². The maximum atomic E-state index is 11.9. The average molecular weight is 285 g/mol. The summed E-state index contributed by atoms with van der Waals surface area (Å²) in [5.74, 6) is -0.0620. The van der Waals surface area contributed by atoms with E-state index >= 15 is 0 Å². The van der Waals surface area contributed by atoms with Gasteiger partial charge in [-0.2, -0.15) is 0 Å². The highest BCUT2D eigenvalue weighted by molar-refractivity contribution is 6.36. The highest BCUT2D eigenvalue weighted by Gasteiger charge is 2.11. The number of hydrogen-bond acceptors (Lipinski definition) is 2. The fourth-order valence-corrected chi connectivity index (χ4v) is 1.97. The van der Waals surface area contributed by atoms with Gasteiger partial charge in [0.2, 0.25) is 0 Å². The van der Waals surface area contributed by atoms with Crippen LogP contribution in [-0.4, -0.2) is 23.6 Å². The zero-order chi connectivity index (χ0) is 13.5. The van der Waals surface area contributed by atoms with E-state index in [0.717, 1.165) is 0 Å². The predicted octanol–water partition coefficient (Wildman–Crippen LogP) is 4.01. The Morgan fingerprint density at radius 1 is 1.44 bits per heavy atom. The normalized spacial score (nSPS) is 10.6. The summed E-state index contributed by atoms with van der Waals surface area (Å²) in [6.07, 6.45) is 5.02. The van der Waals surface area contributed by atoms with Gasteiger partial charge in [0.1, 0.15) is 0 Å². The Labute approximate surface area is 117 Å². The fourth-order valence-electron chi connectivity index (χ4n) is 1.45. The first kappa shape index (κ1) is 14.7. The molecule has 0 aliphatic heterocycles. The molecule has 0 radical (unpaired) electrons. The number of allylic oxidation sites excluding steroid dienone is 1. The molecule has 0 spiro atoms. The van der Waals surface area contributed by atoms with E-state index in [1.165, 1.54) is 6.34 Å². The molecule has 0 saturated heterocycles. The van der Waals surface area contributed by atoms with Gasteiger partial charge in [-0.15, -0.1) is 0 Å². The van der Waals surface area contributed by atoms with E-state index in [1.807, 2.05) is 13.0 Å². The van der Waals surface area contributed by atoms with Crippen LogP contribution in [0, 0.1) is 5.41 Å². The average Bonchev–Trinajstić information content (AvgIpc) is 2.34. The number of Topliss-reactive ketones (excluding diaryl/α,β-unsaturated/α-hetero) is 1. The maximum absolute atomic E-state index is 11.9. The van der Waals surface area contributed by atoms with E-state index in [4.69, 9.17) is 28.6 Å². The second-order valence-electron chi connectivity index (χ2n) is 3.65. The van der Waals surface area contributed by atoms with Gasteiger partial charge in [0.15, 0.2) is 5.78 Å². The van der Waals surface area contributed by atoms with E-state index in [2.05, 4.69) is 0 Å². The number of carbonyl (C=O) groups excluding carboxylic acids is 1. The fraction of sp³-hybridized carbons (Fsp3) is 0.231. The highest BCUT2D eigenvalue weighted by Crippen LogP contribution is 2.22. The van der Waals surface area contributed by atoms with Gasteiger partial charge < -0.3 is 4.90 Å². The van der Waals surface area contributed by atoms with Gasteiger partial charge in [-0.05, 0) is 25.1 Å². The Hall–Kier alpha value is -1.32. The first-order chi connectivity index (χ1) is 8.58. The molecule has 0 heterocycles. The van der Waals surface area contributed by atoms with Crippen molar-refractivity contribution < 1.29 is 4.79 Å². The third-order valence-electron chi connectivity index (χ3n) is 2.33. The van der Waals surface area contributed by atoms with Crippen LogP contribution in [0.5, 0.6) is 0 Å². The van der Waals surface area contributed by atoms with Gasteiger partial charge in [0.05, 0.1) is 11.4 Å². The minimum Gasteiger partial charge on any atom is -0.339 e. The van der Waals surface area contributed by atoms with Crippen LogP contribution in [-0.2, 0) is 0 Å². The summed E-state index contributed by atoms with van der Waals surface area (Å²) in [6, 6.07) is 4.81. The number of benzene rings is 1. The molecule has 0 aromatic heterocycles. The molecule has 1 N–H and O–H groups in total. The highest BCUT2D eigenvalue weighted by atomic mass is 35.5. The molecule has 1 aromatic carbocycles. The molecule has 18 heavy (non-hydrogen) atoms. The molecule has 0 aliphatic rings. The van der Waals surface area contributed by atoms with Crippen LogP contribution in [0.15, 0.2) is 30.5 Å². The van der Waals surface area contributed by atoms with Crippen LogP contribution in [0.1, 0.15) is 23.7 Å². The van der Waals surface area contributed by atoms with Gasteiger partial charge in [-0.3, -0.25) is 10.2 Å². The SMILES string of the molecule is C/C=C\N(C=N)CCC(=O)c1ccc(Cl)cc1Cl. The third-order valence-corrected chi connectivity index (χ3v) is 2.88. The lowest BCUT2D eigenvalue weighted by atomic mass is 10.1. The Morgan fingerprint density at radius 3 is 2.72 bits per heavy atom. The van der Waals surface area contributed by atoms with Gasteiger partial charge >= 0.3 is 0 Å². The van der Waals surface area contributed by atoms with Gasteiger partial charge in [0.25, 0.3) is 0 Å². The Bertz CT molecular complexity index is 472. The second kappa shape index (κ2) is 7.19. The summed E-state index contributed by atoms with van der Waals surface area (Å²) in [5, 5.41) is 8.04. The van der Waals surface area contributed by atoms with Crippen molar-refractivity contribution in [2.75, 3.05) is 6.54 Å². The molecule has 0 aliphatic carbocycles. The van der Waals surface area contributed by atoms with Crippen molar-refractivity contribution in [1.29, 1.82) is 5.41 Å². The molecule has 96 valence electrons. The Morgan fingerprint density at radius 2 is 2.17 bits per heavy atom. The standard InChI is InChI=1S/C13H14Cl2N2O/c1-2-6-17(9-16)7-5-13(18)11-4-3-10(14)8-12(11)15/h2-4,6,8-9,16H,5,7H2,1H3/b6-2-,16-9?. The van der Waals surface area contributed by atoms with Crippen LogP contribution in [0.2, 0.25) is 10.0 Å². The van der Waals surface area contributed by atoms with Crippen LogP contribution in [0.3, 0.4) is 0 Å². The lowest BCUT2D eigenvalue weighted by Crippen LogP contribution is -2.18. The Balaban J connectivity index is 2.68. The van der Waals surface area contributed by atoms with Gasteiger partial charge in [-0.25, -0.2) is 0 Å². The monoisotopic (exact) mass is 284 g/mol. The lowest BCUT2D eigenvalue weighted by Gasteiger charge is -2.13. The molecule has 3 nitrogen and oxygen atoms in total. The molecule has 0 bridgehead atoms. The van der Waals surface area contributed by atoms with E-state index < -0.39 is 0 Å². The first-order valence-corrected chi connectivity index (χ1v) is 6.21. The number of halogens is 2. The predicted molar refractivity (Wildman–Crippen MR) is 75.7 cm³/mol. The molecular formula is C13H14Cl2N2O. The van der Waals surface area contributed by atoms with Crippen molar-refractivity contribution in [1.82, 2.24) is 4.90 Å². The number of nitrogens with one attached hydrogen (secondary N) is 1. The van der Waals surface area contributed by atoms with Crippen molar-refractivity contribution in [3.8, 4) is 0 Å². The second-order valence-corrected chi connectivity index (χ2v) is 4.49. The third kappa shape index (κ3) is 4.17. The van der Waals surface area contributed by atoms with E-state index in [-0.39, 0.29) is 5.78 Å². The summed E-state index contributed by atoms with van der Waals surface area (Å²) in [4.78, 5) is 13.6. The topological polar surface area (TPSA) is 44.2 Å². The van der Waals surface area contributed by atoms with Crippen LogP contribution in [0.4, 0.5) is 0 Å². The summed E-state index contributed by atoms with van der Waals surface area (Å²) in [7, 11) is 0. The zero-order valence-corrected chi connectivity index (χ0v) is 11.5. The molecular weight excluding hydrogens is 271 g/mol. The van der Waals surface area contributed by atoms with Crippen molar-refractivity contribution in [2.24, 2.45) is 0 Å². The van der Waals surface area contributed by atoms with Crippen LogP contribution in [0.25, 0.3) is 0 Å². The van der Waals surface area contributed by atoms with Crippen LogP contribution >= 0.6 is 23.2 Å². The molecule has 0 atom stereocenters. The number of ketones is 1. The molecule has 1 aromatic rings. The molecule has 0 amide bonds. The van der Waals surface area contributed by atoms with Crippen LogP contribution < -0.4 is 0 Å². The smallest absolute Gasteiger partial charge is 0.166 e. The van der Waals surface area contributed by atoms with Crippen molar-refractivity contribution in [3.05, 3.63) is 46.1 Å². The maximum Gasteiger partial charge on any atom is 0.166 e.